The number of aliphatic hydroxyl groups is 1. The summed E-state index contributed by atoms with van der Waals surface area (Å²) in [5.41, 5.74) is 0.376. The quantitative estimate of drug-likeness (QED) is 0.145. The molecule has 0 heterocycles. The van der Waals surface area contributed by atoms with Crippen LogP contribution in [0.25, 0.3) is 0 Å². The van der Waals surface area contributed by atoms with E-state index in [1.807, 2.05) is 6.08 Å². The highest BCUT2D eigenvalue weighted by molar-refractivity contribution is 6.01. The van der Waals surface area contributed by atoms with Crippen molar-refractivity contribution in [1.82, 2.24) is 5.32 Å². The molecule has 0 aromatic rings. The Morgan fingerprint density at radius 2 is 1.93 bits per heavy atom. The van der Waals surface area contributed by atoms with E-state index >= 15 is 0 Å². The van der Waals surface area contributed by atoms with Crippen LogP contribution in [0.15, 0.2) is 23.8 Å². The summed E-state index contributed by atoms with van der Waals surface area (Å²) in [6.07, 6.45) is 10.4. The van der Waals surface area contributed by atoms with Crippen LogP contribution in [0.2, 0.25) is 0 Å². The zero-order valence-electron chi connectivity index (χ0n) is 24.0. The first-order valence-electron chi connectivity index (χ1n) is 14.8. The van der Waals surface area contributed by atoms with Crippen molar-refractivity contribution in [2.75, 3.05) is 19.8 Å². The molecule has 0 aromatic heterocycles. The molecular weight excluding hydrogens is 532 g/mol. The van der Waals surface area contributed by atoms with Crippen LogP contribution >= 0.6 is 0 Å². The van der Waals surface area contributed by atoms with E-state index in [9.17, 15) is 34.4 Å². The van der Waals surface area contributed by atoms with Crippen LogP contribution in [0.1, 0.15) is 78.1 Å². The molecule has 0 saturated heterocycles. The van der Waals surface area contributed by atoms with E-state index in [2.05, 4.69) is 24.0 Å². The molecule has 11 nitrogen and oxygen atoms in total. The first kappa shape index (κ1) is 30.9. The van der Waals surface area contributed by atoms with Gasteiger partial charge in [-0.3, -0.25) is 19.2 Å². The van der Waals surface area contributed by atoms with Crippen molar-refractivity contribution in [2.24, 2.45) is 34.5 Å². The monoisotopic (exact) mass is 574 g/mol. The van der Waals surface area contributed by atoms with Crippen molar-refractivity contribution in [3.63, 3.8) is 0 Å². The molecule has 2 N–H and O–H groups in total. The number of ketones is 2. The van der Waals surface area contributed by atoms with Gasteiger partial charge in [-0.2, -0.15) is 0 Å². The maximum Gasteiger partial charge on any atom is 0.308 e. The zero-order valence-corrected chi connectivity index (χ0v) is 24.0. The highest BCUT2D eigenvalue weighted by Crippen LogP contribution is 2.66. The van der Waals surface area contributed by atoms with Gasteiger partial charge in [0.2, 0.25) is 5.91 Å². The largest absolute Gasteiger partial charge is 0.458 e. The third-order valence-corrected chi connectivity index (χ3v) is 10.2. The molecule has 0 aromatic carbocycles. The predicted octanol–water partition coefficient (Wildman–Crippen LogP) is 3.27. The summed E-state index contributed by atoms with van der Waals surface area (Å²) in [5, 5.41) is 23.3. The lowest BCUT2D eigenvalue weighted by molar-refractivity contribution is -0.757. The maximum absolute atomic E-state index is 13.3. The lowest BCUT2D eigenvalue weighted by atomic mass is 9.46. The molecule has 4 rings (SSSR count). The van der Waals surface area contributed by atoms with E-state index in [-0.39, 0.29) is 84.6 Å². The molecular formula is C30H42N2O9. The van der Waals surface area contributed by atoms with Crippen LogP contribution in [-0.4, -0.2) is 59.5 Å². The Balaban J connectivity index is 1.21. The second-order valence-corrected chi connectivity index (χ2v) is 12.5. The van der Waals surface area contributed by atoms with Crippen molar-refractivity contribution in [1.29, 1.82) is 0 Å². The predicted molar refractivity (Wildman–Crippen MR) is 147 cm³/mol. The number of ether oxygens (including phenoxy) is 1. The third kappa shape index (κ3) is 6.71. The minimum atomic E-state index is -0.845. The normalized spacial score (nSPS) is 33.6. The van der Waals surface area contributed by atoms with Gasteiger partial charge in [0.25, 0.3) is 5.09 Å². The van der Waals surface area contributed by atoms with Gasteiger partial charge in [-0.15, -0.1) is 10.1 Å². The lowest BCUT2D eigenvalue weighted by Gasteiger charge is -2.58. The van der Waals surface area contributed by atoms with Crippen LogP contribution in [0.4, 0.5) is 0 Å². The minimum Gasteiger partial charge on any atom is -0.458 e. The van der Waals surface area contributed by atoms with Gasteiger partial charge in [0.15, 0.2) is 11.6 Å². The summed E-state index contributed by atoms with van der Waals surface area (Å²) in [6, 6.07) is 0. The SMILES string of the molecule is CC12C=CC(=O)C=C1CCC1C2C(O)CC2(C)C(C(=O)COC(=O)CCNC(=O)CCCCCO[N+](=O)[O-])CCC12. The third-order valence-electron chi connectivity index (χ3n) is 10.2. The molecule has 4 aliphatic rings. The number of carbonyl (C=O) groups excluding carboxylic acids is 4. The zero-order chi connectivity index (χ0) is 29.8. The van der Waals surface area contributed by atoms with Crippen molar-refractivity contribution in [3.05, 3.63) is 33.9 Å². The Kier molecular flexibility index (Phi) is 9.66. The molecule has 11 heteroatoms. The number of carbonyl (C=O) groups is 4. The smallest absolute Gasteiger partial charge is 0.308 e. The van der Waals surface area contributed by atoms with E-state index < -0.39 is 17.2 Å². The number of hydrogen-bond donors (Lipinski definition) is 2. The van der Waals surface area contributed by atoms with Gasteiger partial charge >= 0.3 is 5.97 Å². The summed E-state index contributed by atoms with van der Waals surface area (Å²) < 4.78 is 5.28. The molecule has 7 atom stereocenters. The standard InChI is InChI=1S/C30H42N2O9/c1-29-13-11-20(33)16-19(29)7-8-21-22-9-10-23(30(22,2)17-24(34)28(21)29)25(35)18-40-27(37)12-14-31-26(36)6-4-3-5-15-41-32(38)39/h11,13,16,21-24,28,34H,3-10,12,14-15,17-18H2,1-2H3,(H,31,36). The Labute approximate surface area is 240 Å². The van der Waals surface area contributed by atoms with Gasteiger partial charge in [0.05, 0.1) is 19.1 Å². The summed E-state index contributed by atoms with van der Waals surface area (Å²) in [4.78, 5) is 63.8. The fourth-order valence-electron chi connectivity index (χ4n) is 8.27. The van der Waals surface area contributed by atoms with Crippen LogP contribution in [-0.2, 0) is 28.8 Å². The van der Waals surface area contributed by atoms with E-state index in [4.69, 9.17) is 4.74 Å². The average molecular weight is 575 g/mol. The Morgan fingerprint density at radius 3 is 2.68 bits per heavy atom. The van der Waals surface area contributed by atoms with Crippen molar-refractivity contribution in [2.45, 2.75) is 84.2 Å². The molecule has 0 spiro atoms. The number of nitrogens with one attached hydrogen (secondary N) is 1. The Hall–Kier alpha value is -3.08. The van der Waals surface area contributed by atoms with Gasteiger partial charge in [-0.05, 0) is 74.3 Å². The molecule has 3 saturated carbocycles. The highest BCUT2D eigenvalue weighted by atomic mass is 16.9. The summed E-state index contributed by atoms with van der Waals surface area (Å²) in [5.74, 6) is -0.652. The van der Waals surface area contributed by atoms with E-state index in [0.717, 1.165) is 24.8 Å². The van der Waals surface area contributed by atoms with Gasteiger partial charge in [-0.25, -0.2) is 0 Å². The van der Waals surface area contributed by atoms with E-state index in [1.165, 1.54) is 0 Å². The number of hydrogen-bond acceptors (Lipinski definition) is 9. The molecule has 7 unspecified atom stereocenters. The van der Waals surface area contributed by atoms with Gasteiger partial charge in [0.1, 0.15) is 6.61 Å². The van der Waals surface area contributed by atoms with Gasteiger partial charge in [0, 0.05) is 30.2 Å². The lowest BCUT2D eigenvalue weighted by Crippen LogP contribution is -2.56. The van der Waals surface area contributed by atoms with Crippen molar-refractivity contribution < 1.29 is 38.9 Å². The topological polar surface area (TPSA) is 162 Å². The summed E-state index contributed by atoms with van der Waals surface area (Å²) >= 11 is 0. The Bertz CT molecular complexity index is 1120. The highest BCUT2D eigenvalue weighted by Gasteiger charge is 2.62. The molecule has 0 aliphatic heterocycles. The number of esters is 1. The molecule has 4 aliphatic carbocycles. The minimum absolute atomic E-state index is 0.000169. The Morgan fingerprint density at radius 1 is 1.15 bits per heavy atom. The van der Waals surface area contributed by atoms with Crippen LogP contribution < -0.4 is 5.32 Å². The second-order valence-electron chi connectivity index (χ2n) is 12.5. The molecule has 0 radical (unpaired) electrons. The average Bonchev–Trinajstić information content (AvgIpc) is 3.25. The van der Waals surface area contributed by atoms with E-state index in [1.54, 1.807) is 12.2 Å². The second kappa shape index (κ2) is 12.8. The maximum atomic E-state index is 13.3. The number of Topliss-reactive ketones (excluding diaryl/α,β-unsaturated/α-hetero) is 1. The molecule has 0 bridgehead atoms. The number of unbranched alkanes of at least 4 members (excludes halogenated alkanes) is 2. The van der Waals surface area contributed by atoms with Crippen LogP contribution in [0.3, 0.4) is 0 Å². The molecule has 1 amide bonds. The van der Waals surface area contributed by atoms with Crippen LogP contribution in [0, 0.1) is 44.6 Å². The number of rotatable bonds is 13. The van der Waals surface area contributed by atoms with Crippen LogP contribution in [0.5, 0.6) is 0 Å². The summed E-state index contributed by atoms with van der Waals surface area (Å²) in [6.45, 7) is 4.02. The molecule has 226 valence electrons. The number of allylic oxidation sites excluding steroid dienone is 4. The first-order chi connectivity index (χ1) is 19.5. The van der Waals surface area contributed by atoms with Gasteiger partial charge < -0.3 is 20.0 Å². The number of fused-ring (bicyclic) bond motifs is 5. The summed E-state index contributed by atoms with van der Waals surface area (Å²) in [7, 11) is 0. The fourth-order valence-corrected chi connectivity index (χ4v) is 8.27. The van der Waals surface area contributed by atoms with Gasteiger partial charge in [-0.1, -0.05) is 31.9 Å². The number of aliphatic hydroxyl groups excluding tert-OH is 1. The van der Waals surface area contributed by atoms with Crippen molar-refractivity contribution >= 4 is 23.4 Å². The molecule has 41 heavy (non-hydrogen) atoms. The number of nitrogens with zero attached hydrogens (tertiary/aromatic N) is 1. The van der Waals surface area contributed by atoms with Crippen molar-refractivity contribution in [3.8, 4) is 0 Å². The number of amides is 1. The fraction of sp³-hybridized carbons (Fsp3) is 0.733. The van der Waals surface area contributed by atoms with E-state index in [0.29, 0.717) is 32.1 Å². The molecule has 3 fully saturated rings. The first-order valence-corrected chi connectivity index (χ1v) is 14.8.